The second-order valence-corrected chi connectivity index (χ2v) is 5.00. The molecule has 1 aliphatic carbocycles. The van der Waals surface area contributed by atoms with Gasteiger partial charge in [-0.05, 0) is 19.3 Å². The Labute approximate surface area is 118 Å². The lowest BCUT2D eigenvalue weighted by atomic mass is 10.0. The van der Waals surface area contributed by atoms with Crippen LogP contribution in [0.3, 0.4) is 0 Å². The predicted octanol–water partition coefficient (Wildman–Crippen LogP) is 3.25. The van der Waals surface area contributed by atoms with Crippen LogP contribution in [0.4, 0.5) is 0 Å². The largest absolute Gasteiger partial charge is 0.481 e. The van der Waals surface area contributed by atoms with Crippen LogP contribution in [0, 0.1) is 0 Å². The molecule has 0 aromatic carbocycles. The zero-order chi connectivity index (χ0) is 14.2. The third-order valence-electron chi connectivity index (χ3n) is 3.31. The molecule has 20 heavy (non-hydrogen) atoms. The highest BCUT2D eigenvalue weighted by molar-refractivity contribution is 5.66. The summed E-state index contributed by atoms with van der Waals surface area (Å²) in [5, 5.41) is 16.7. The van der Waals surface area contributed by atoms with Gasteiger partial charge >= 0.3 is 5.97 Å². The molecule has 0 bridgehead atoms. The van der Waals surface area contributed by atoms with Crippen LogP contribution in [-0.4, -0.2) is 21.3 Å². The molecule has 108 valence electrons. The average molecular weight is 276 g/mol. The van der Waals surface area contributed by atoms with Gasteiger partial charge in [0.1, 0.15) is 0 Å². The van der Waals surface area contributed by atoms with Crippen molar-refractivity contribution in [3.63, 3.8) is 0 Å². The molecule has 1 heterocycles. The van der Waals surface area contributed by atoms with Gasteiger partial charge in [0.25, 0.3) is 0 Å². The van der Waals surface area contributed by atoms with Gasteiger partial charge in [-0.2, -0.15) is 0 Å². The Hall–Kier alpha value is -1.91. The Balaban J connectivity index is 1.67. The highest BCUT2D eigenvalue weighted by atomic mass is 16.4. The Morgan fingerprint density at radius 1 is 1.25 bits per heavy atom. The second-order valence-electron chi connectivity index (χ2n) is 5.00. The molecular weight excluding hydrogens is 256 g/mol. The van der Waals surface area contributed by atoms with Gasteiger partial charge in [0.05, 0.1) is 5.92 Å². The fourth-order valence-electron chi connectivity index (χ4n) is 2.19. The van der Waals surface area contributed by atoms with E-state index in [1.807, 2.05) is 12.2 Å². The van der Waals surface area contributed by atoms with E-state index in [2.05, 4.69) is 22.3 Å². The molecule has 1 aromatic rings. The number of rotatable bonds is 8. The van der Waals surface area contributed by atoms with Crippen molar-refractivity contribution < 1.29 is 14.3 Å². The Morgan fingerprint density at radius 3 is 2.85 bits per heavy atom. The molecule has 0 spiro atoms. The van der Waals surface area contributed by atoms with Crippen LogP contribution in [0.25, 0.3) is 0 Å². The van der Waals surface area contributed by atoms with Crippen LogP contribution < -0.4 is 0 Å². The number of aliphatic carboxylic acids is 1. The highest BCUT2D eigenvalue weighted by Crippen LogP contribution is 2.23. The van der Waals surface area contributed by atoms with Gasteiger partial charge in [-0.15, -0.1) is 10.2 Å². The summed E-state index contributed by atoms with van der Waals surface area (Å²) in [5.41, 5.74) is 0. The lowest BCUT2D eigenvalue weighted by molar-refractivity contribution is -0.137. The van der Waals surface area contributed by atoms with E-state index in [-0.39, 0.29) is 12.3 Å². The Morgan fingerprint density at radius 2 is 2.10 bits per heavy atom. The first-order valence-electron chi connectivity index (χ1n) is 7.13. The maximum Gasteiger partial charge on any atom is 0.303 e. The first-order valence-corrected chi connectivity index (χ1v) is 7.13. The van der Waals surface area contributed by atoms with Gasteiger partial charge in [0.2, 0.25) is 11.8 Å². The van der Waals surface area contributed by atoms with Gasteiger partial charge in [-0.1, -0.05) is 37.1 Å². The van der Waals surface area contributed by atoms with E-state index < -0.39 is 5.97 Å². The minimum absolute atomic E-state index is 0.205. The summed E-state index contributed by atoms with van der Waals surface area (Å²) in [5.74, 6) is 0.852. The third kappa shape index (κ3) is 4.64. The summed E-state index contributed by atoms with van der Waals surface area (Å²) < 4.78 is 5.67. The molecule has 1 unspecified atom stereocenters. The maximum absolute atomic E-state index is 10.4. The lowest BCUT2D eigenvalue weighted by Crippen LogP contribution is -1.96. The van der Waals surface area contributed by atoms with Crippen LogP contribution in [-0.2, 0) is 11.2 Å². The van der Waals surface area contributed by atoms with Crippen molar-refractivity contribution in [3.05, 3.63) is 36.1 Å². The zero-order valence-electron chi connectivity index (χ0n) is 11.5. The fourth-order valence-corrected chi connectivity index (χ4v) is 2.19. The van der Waals surface area contributed by atoms with Gasteiger partial charge in [-0.3, -0.25) is 4.79 Å². The molecule has 1 aromatic heterocycles. The average Bonchev–Trinajstić information content (AvgIpc) is 2.92. The molecule has 1 aliphatic rings. The smallest absolute Gasteiger partial charge is 0.303 e. The topological polar surface area (TPSA) is 76.2 Å². The van der Waals surface area contributed by atoms with E-state index >= 15 is 0 Å². The maximum atomic E-state index is 10.4. The van der Waals surface area contributed by atoms with Crippen LogP contribution in [0.2, 0.25) is 0 Å². The van der Waals surface area contributed by atoms with Crippen molar-refractivity contribution >= 4 is 5.97 Å². The summed E-state index contributed by atoms with van der Waals surface area (Å²) in [6.07, 6.45) is 13.8. The summed E-state index contributed by atoms with van der Waals surface area (Å²) in [6, 6.07) is 0. The number of hydrogen-bond donors (Lipinski definition) is 1. The van der Waals surface area contributed by atoms with Crippen LogP contribution in [0.5, 0.6) is 0 Å². The molecule has 1 N–H and O–H groups in total. The lowest BCUT2D eigenvalue weighted by Gasteiger charge is -2.06. The van der Waals surface area contributed by atoms with Crippen LogP contribution in [0.1, 0.15) is 56.2 Å². The summed E-state index contributed by atoms with van der Waals surface area (Å²) in [4.78, 5) is 10.4. The molecule has 5 heteroatoms. The number of carbonyl (C=O) groups is 1. The van der Waals surface area contributed by atoms with Crippen molar-refractivity contribution in [1.29, 1.82) is 0 Å². The minimum Gasteiger partial charge on any atom is -0.481 e. The Kier molecular flexibility index (Phi) is 5.53. The normalized spacial score (nSPS) is 17.5. The number of hydrogen-bond acceptors (Lipinski definition) is 4. The number of unbranched alkanes of at least 4 members (excludes halogenated alkanes) is 3. The van der Waals surface area contributed by atoms with E-state index in [0.717, 1.165) is 38.5 Å². The summed E-state index contributed by atoms with van der Waals surface area (Å²) in [7, 11) is 0. The molecular formula is C15H20N2O3. The number of carboxylic acids is 1. The minimum atomic E-state index is -0.721. The van der Waals surface area contributed by atoms with E-state index in [9.17, 15) is 4.79 Å². The van der Waals surface area contributed by atoms with Gasteiger partial charge < -0.3 is 9.52 Å². The quantitative estimate of drug-likeness (QED) is 0.737. The summed E-state index contributed by atoms with van der Waals surface area (Å²) in [6.45, 7) is 0. The number of nitrogens with zero attached hydrogens (tertiary/aromatic N) is 2. The monoisotopic (exact) mass is 276 g/mol. The van der Waals surface area contributed by atoms with Crippen LogP contribution >= 0.6 is 0 Å². The van der Waals surface area contributed by atoms with Crippen LogP contribution in [0.15, 0.2) is 28.7 Å². The van der Waals surface area contributed by atoms with Crippen molar-refractivity contribution in [3.8, 4) is 0 Å². The zero-order valence-corrected chi connectivity index (χ0v) is 11.5. The van der Waals surface area contributed by atoms with Crippen molar-refractivity contribution in [2.24, 2.45) is 0 Å². The first-order chi connectivity index (χ1) is 9.75. The van der Waals surface area contributed by atoms with Crippen molar-refractivity contribution in [1.82, 2.24) is 10.2 Å². The molecule has 0 saturated heterocycles. The van der Waals surface area contributed by atoms with Gasteiger partial charge in [-0.25, -0.2) is 0 Å². The van der Waals surface area contributed by atoms with E-state index in [1.165, 1.54) is 0 Å². The van der Waals surface area contributed by atoms with E-state index in [4.69, 9.17) is 9.52 Å². The SMILES string of the molecule is O=C(O)CCCCCCc1nnc(C2C=CC=CC2)o1. The third-order valence-corrected chi connectivity index (χ3v) is 3.31. The Bertz CT molecular complexity index is 491. The highest BCUT2D eigenvalue weighted by Gasteiger charge is 2.15. The van der Waals surface area contributed by atoms with E-state index in [1.54, 1.807) is 0 Å². The number of allylic oxidation sites excluding steroid dienone is 4. The van der Waals surface area contributed by atoms with Gasteiger partial charge in [0.15, 0.2) is 0 Å². The predicted molar refractivity (Wildman–Crippen MR) is 74.4 cm³/mol. The molecule has 2 rings (SSSR count). The molecule has 0 fully saturated rings. The molecule has 0 amide bonds. The molecule has 0 saturated carbocycles. The van der Waals surface area contributed by atoms with E-state index in [0.29, 0.717) is 11.8 Å². The number of aryl methyl sites for hydroxylation is 1. The first kappa shape index (κ1) is 14.5. The van der Waals surface area contributed by atoms with Gasteiger partial charge in [0, 0.05) is 12.8 Å². The van der Waals surface area contributed by atoms with Crippen molar-refractivity contribution in [2.45, 2.75) is 50.9 Å². The fraction of sp³-hybridized carbons (Fsp3) is 0.533. The second kappa shape index (κ2) is 7.62. The van der Waals surface area contributed by atoms with Crippen molar-refractivity contribution in [2.75, 3.05) is 0 Å². The standard InChI is InChI=1S/C15H20N2O3/c18-14(19)11-7-2-1-6-10-13-16-17-15(20-13)12-8-4-3-5-9-12/h3-5,8,12H,1-2,6-7,9-11H2,(H,18,19). The molecule has 0 aliphatic heterocycles. The number of carboxylic acid groups (broad SMARTS) is 1. The molecule has 0 radical (unpaired) electrons. The summed E-state index contributed by atoms with van der Waals surface area (Å²) >= 11 is 0. The molecule has 5 nitrogen and oxygen atoms in total. The molecule has 1 atom stereocenters. The number of aromatic nitrogens is 2.